The minimum Gasteiger partial charge on any atom is -0.478 e. The Hall–Kier alpha value is -1.09. The van der Waals surface area contributed by atoms with Gasteiger partial charge < -0.3 is 5.11 Å². The van der Waals surface area contributed by atoms with Gasteiger partial charge in [0.15, 0.2) is 0 Å². The van der Waals surface area contributed by atoms with Crippen LogP contribution in [0.3, 0.4) is 0 Å². The van der Waals surface area contributed by atoms with E-state index in [4.69, 9.17) is 5.11 Å². The first-order valence-electron chi connectivity index (χ1n) is 3.61. The summed E-state index contributed by atoms with van der Waals surface area (Å²) in [5.41, 5.74) is 0.880. The van der Waals surface area contributed by atoms with Gasteiger partial charge in [0.25, 0.3) is 0 Å². The van der Waals surface area contributed by atoms with E-state index in [-0.39, 0.29) is 0 Å². The van der Waals surface area contributed by atoms with Gasteiger partial charge in [0.05, 0.1) is 0 Å². The first-order chi connectivity index (χ1) is 5.68. The van der Waals surface area contributed by atoms with Crippen molar-refractivity contribution in [3.8, 4) is 0 Å². The third kappa shape index (κ3) is 2.88. The Bertz CT molecular complexity index is 285. The highest BCUT2D eigenvalue weighted by Crippen LogP contribution is 2.13. The molecule has 1 N–H and O–H groups in total. The summed E-state index contributed by atoms with van der Waals surface area (Å²) in [5, 5.41) is 10.4. The van der Waals surface area contributed by atoms with Crippen LogP contribution in [-0.4, -0.2) is 11.1 Å². The number of carboxylic acids is 1. The van der Waals surface area contributed by atoms with Crippen LogP contribution in [0, 0.1) is 0 Å². The number of hydrogen-bond acceptors (Lipinski definition) is 2. The number of rotatable bonds is 3. The summed E-state index contributed by atoms with van der Waals surface area (Å²) < 4.78 is 0. The lowest BCUT2D eigenvalue weighted by molar-refractivity contribution is -0.131. The maximum Gasteiger partial charge on any atom is 0.328 e. The molecule has 0 aliphatic heterocycles. The van der Waals surface area contributed by atoms with Crippen LogP contribution in [0.5, 0.6) is 0 Å². The molecule has 0 aromatic carbocycles. The Kier molecular flexibility index (Phi) is 3.05. The lowest BCUT2D eigenvalue weighted by Gasteiger charge is -1.95. The second-order valence-corrected chi connectivity index (χ2v) is 3.62. The van der Waals surface area contributed by atoms with E-state index in [1.807, 2.05) is 24.4 Å². The summed E-state index contributed by atoms with van der Waals surface area (Å²) >= 11 is 1.64. The minimum atomic E-state index is -0.871. The van der Waals surface area contributed by atoms with Gasteiger partial charge in [-0.15, -0.1) is 11.3 Å². The lowest BCUT2D eigenvalue weighted by Crippen LogP contribution is -1.91. The zero-order valence-corrected chi connectivity index (χ0v) is 7.60. The maximum absolute atomic E-state index is 10.3. The fraction of sp³-hybridized carbons (Fsp3) is 0.222. The van der Waals surface area contributed by atoms with Gasteiger partial charge in [0.2, 0.25) is 0 Å². The molecule has 1 aromatic heterocycles. The molecule has 2 nitrogen and oxygen atoms in total. The molecule has 0 unspecified atom stereocenters. The van der Waals surface area contributed by atoms with Crippen molar-refractivity contribution in [2.24, 2.45) is 0 Å². The van der Waals surface area contributed by atoms with Crippen LogP contribution in [0.15, 0.2) is 29.2 Å². The molecule has 0 spiro atoms. The third-order valence-electron chi connectivity index (χ3n) is 1.40. The molecule has 1 heterocycles. The summed E-state index contributed by atoms with van der Waals surface area (Å²) in [6, 6.07) is 3.97. The van der Waals surface area contributed by atoms with Crippen LogP contribution in [0.4, 0.5) is 0 Å². The number of hydrogen-bond donors (Lipinski definition) is 1. The molecule has 0 saturated carbocycles. The van der Waals surface area contributed by atoms with Gasteiger partial charge in [0.1, 0.15) is 0 Å². The SMILES string of the molecule is C/C(=C\C(=O)O)Cc1cccs1. The van der Waals surface area contributed by atoms with Crippen LogP contribution < -0.4 is 0 Å². The average Bonchev–Trinajstić information content (AvgIpc) is 2.37. The first-order valence-corrected chi connectivity index (χ1v) is 4.49. The fourth-order valence-corrected chi connectivity index (χ4v) is 1.75. The molecule has 1 aromatic rings. The normalized spacial score (nSPS) is 11.6. The smallest absolute Gasteiger partial charge is 0.328 e. The predicted molar refractivity (Wildman–Crippen MR) is 49.4 cm³/mol. The second-order valence-electron chi connectivity index (χ2n) is 2.59. The molecule has 0 aliphatic carbocycles. The highest BCUT2D eigenvalue weighted by Gasteiger charge is 1.97. The van der Waals surface area contributed by atoms with E-state index < -0.39 is 5.97 Å². The van der Waals surface area contributed by atoms with Gasteiger partial charge in [-0.25, -0.2) is 4.79 Å². The highest BCUT2D eigenvalue weighted by atomic mass is 32.1. The Labute approximate surface area is 75.2 Å². The molecule has 0 aliphatic rings. The van der Waals surface area contributed by atoms with Crippen molar-refractivity contribution in [3.05, 3.63) is 34.0 Å². The molecule has 0 bridgehead atoms. The summed E-state index contributed by atoms with van der Waals surface area (Å²) in [6.45, 7) is 1.83. The van der Waals surface area contributed by atoms with E-state index in [1.165, 1.54) is 11.0 Å². The van der Waals surface area contributed by atoms with E-state index in [1.54, 1.807) is 11.3 Å². The Morgan fingerprint density at radius 1 is 1.75 bits per heavy atom. The summed E-state index contributed by atoms with van der Waals surface area (Å²) in [6.07, 6.45) is 1.99. The molecule has 1 rings (SSSR count). The topological polar surface area (TPSA) is 37.3 Å². The maximum atomic E-state index is 10.3. The molecule has 0 fully saturated rings. The minimum absolute atomic E-state index is 0.740. The Morgan fingerprint density at radius 3 is 3.00 bits per heavy atom. The van der Waals surface area contributed by atoms with Crippen molar-refractivity contribution >= 4 is 17.3 Å². The van der Waals surface area contributed by atoms with Crippen molar-refractivity contribution < 1.29 is 9.90 Å². The van der Waals surface area contributed by atoms with Crippen molar-refractivity contribution in [2.75, 3.05) is 0 Å². The van der Waals surface area contributed by atoms with Crippen LogP contribution >= 0.6 is 11.3 Å². The number of carboxylic acid groups (broad SMARTS) is 1. The average molecular weight is 182 g/mol. The standard InChI is InChI=1S/C9H10O2S/c1-7(6-9(10)11)5-8-3-2-4-12-8/h2-4,6H,5H2,1H3,(H,10,11)/b7-6+. The van der Waals surface area contributed by atoms with Gasteiger partial charge in [-0.1, -0.05) is 11.6 Å². The zero-order chi connectivity index (χ0) is 8.97. The van der Waals surface area contributed by atoms with E-state index >= 15 is 0 Å². The largest absolute Gasteiger partial charge is 0.478 e. The quantitative estimate of drug-likeness (QED) is 0.728. The van der Waals surface area contributed by atoms with E-state index in [9.17, 15) is 4.79 Å². The van der Waals surface area contributed by atoms with Crippen LogP contribution in [0.2, 0.25) is 0 Å². The molecule has 64 valence electrons. The molecular formula is C9H10O2S. The van der Waals surface area contributed by atoms with Crippen molar-refractivity contribution in [1.82, 2.24) is 0 Å². The molecular weight excluding hydrogens is 172 g/mol. The van der Waals surface area contributed by atoms with Gasteiger partial charge >= 0.3 is 5.97 Å². The highest BCUT2D eigenvalue weighted by molar-refractivity contribution is 7.09. The number of thiophene rings is 1. The van der Waals surface area contributed by atoms with Crippen molar-refractivity contribution in [1.29, 1.82) is 0 Å². The van der Waals surface area contributed by atoms with Gasteiger partial charge in [-0.05, 0) is 18.4 Å². The summed E-state index contributed by atoms with van der Waals surface area (Å²) in [7, 11) is 0. The van der Waals surface area contributed by atoms with E-state index in [2.05, 4.69) is 0 Å². The summed E-state index contributed by atoms with van der Waals surface area (Å²) in [4.78, 5) is 11.5. The van der Waals surface area contributed by atoms with Crippen LogP contribution in [0.1, 0.15) is 11.8 Å². The lowest BCUT2D eigenvalue weighted by atomic mass is 10.2. The number of aliphatic carboxylic acids is 1. The zero-order valence-electron chi connectivity index (χ0n) is 6.78. The molecule has 0 amide bonds. The molecule has 0 radical (unpaired) electrons. The molecule has 3 heteroatoms. The van der Waals surface area contributed by atoms with Crippen molar-refractivity contribution in [2.45, 2.75) is 13.3 Å². The Balaban J connectivity index is 2.58. The number of carbonyl (C=O) groups is 1. The van der Waals surface area contributed by atoms with Gasteiger partial charge in [0, 0.05) is 17.4 Å². The fourth-order valence-electron chi connectivity index (χ4n) is 0.950. The second kappa shape index (κ2) is 4.07. The summed E-state index contributed by atoms with van der Waals surface area (Å²) in [5.74, 6) is -0.871. The van der Waals surface area contributed by atoms with E-state index in [0.29, 0.717) is 0 Å². The van der Waals surface area contributed by atoms with E-state index in [0.717, 1.165) is 12.0 Å². The van der Waals surface area contributed by atoms with Gasteiger partial charge in [-0.3, -0.25) is 0 Å². The monoisotopic (exact) mass is 182 g/mol. The molecule has 0 saturated heterocycles. The van der Waals surface area contributed by atoms with Crippen molar-refractivity contribution in [3.63, 3.8) is 0 Å². The third-order valence-corrected chi connectivity index (χ3v) is 2.28. The number of allylic oxidation sites excluding steroid dienone is 1. The van der Waals surface area contributed by atoms with Gasteiger partial charge in [-0.2, -0.15) is 0 Å². The molecule has 12 heavy (non-hydrogen) atoms. The molecule has 0 atom stereocenters. The Morgan fingerprint density at radius 2 is 2.50 bits per heavy atom. The van der Waals surface area contributed by atoms with Crippen LogP contribution in [0.25, 0.3) is 0 Å². The first kappa shape index (κ1) is 9.00. The predicted octanol–water partition coefficient (Wildman–Crippen LogP) is 2.32. The van der Waals surface area contributed by atoms with Crippen LogP contribution in [-0.2, 0) is 11.2 Å².